The molecule has 0 saturated carbocycles. The van der Waals surface area contributed by atoms with Crippen molar-refractivity contribution in [2.24, 2.45) is 0 Å². The maximum absolute atomic E-state index is 6.02. The molecule has 0 aliphatic heterocycles. The summed E-state index contributed by atoms with van der Waals surface area (Å²) in [6.07, 6.45) is 4.60. The van der Waals surface area contributed by atoms with Crippen LogP contribution in [0.3, 0.4) is 0 Å². The molecule has 5 heteroatoms. The Hall–Kier alpha value is -1.39. The summed E-state index contributed by atoms with van der Waals surface area (Å²) in [7, 11) is 0. The predicted molar refractivity (Wildman–Crippen MR) is 84.9 cm³/mol. The summed E-state index contributed by atoms with van der Waals surface area (Å²) in [5.74, 6) is 1.32. The van der Waals surface area contributed by atoms with Gasteiger partial charge in [-0.1, -0.05) is 22.0 Å². The van der Waals surface area contributed by atoms with Gasteiger partial charge in [-0.2, -0.15) is 0 Å². The van der Waals surface area contributed by atoms with Crippen LogP contribution < -0.4 is 0 Å². The first-order chi connectivity index (χ1) is 9.78. The third kappa shape index (κ3) is 2.72. The van der Waals surface area contributed by atoms with E-state index in [1.807, 2.05) is 24.4 Å². The molecule has 1 aromatic carbocycles. The van der Waals surface area contributed by atoms with E-state index in [1.165, 1.54) is 5.56 Å². The Bertz CT molecular complexity index is 725. The Morgan fingerprint density at radius 2 is 2.15 bits per heavy atom. The van der Waals surface area contributed by atoms with Crippen molar-refractivity contribution in [2.45, 2.75) is 18.8 Å². The summed E-state index contributed by atoms with van der Waals surface area (Å²) in [4.78, 5) is 8.73. The van der Waals surface area contributed by atoms with Crippen LogP contribution in [0, 0.1) is 0 Å². The van der Waals surface area contributed by atoms with Crippen LogP contribution in [0.1, 0.15) is 11.4 Å². The van der Waals surface area contributed by atoms with Gasteiger partial charge in [-0.15, -0.1) is 11.6 Å². The predicted octanol–water partition coefficient (Wildman–Crippen LogP) is 4.18. The molecule has 20 heavy (non-hydrogen) atoms. The van der Waals surface area contributed by atoms with E-state index in [2.05, 4.69) is 42.6 Å². The summed E-state index contributed by atoms with van der Waals surface area (Å²) in [5, 5.41) is 0. The second kappa shape index (κ2) is 5.94. The second-order valence-electron chi connectivity index (χ2n) is 4.56. The zero-order valence-corrected chi connectivity index (χ0v) is 13.1. The van der Waals surface area contributed by atoms with Crippen LogP contribution in [-0.2, 0) is 18.8 Å². The van der Waals surface area contributed by atoms with Crippen molar-refractivity contribution in [2.75, 3.05) is 0 Å². The highest BCUT2D eigenvalue weighted by atomic mass is 79.9. The topological polar surface area (TPSA) is 30.7 Å². The highest BCUT2D eigenvalue weighted by Crippen LogP contribution is 2.22. The van der Waals surface area contributed by atoms with Crippen LogP contribution in [-0.4, -0.2) is 14.5 Å². The highest BCUT2D eigenvalue weighted by molar-refractivity contribution is 9.10. The van der Waals surface area contributed by atoms with Gasteiger partial charge < -0.3 is 4.57 Å². The van der Waals surface area contributed by atoms with Crippen molar-refractivity contribution in [1.82, 2.24) is 14.5 Å². The Labute approximate surface area is 130 Å². The SMILES string of the molecule is ClCc1nc2cc(Br)ccc2n1CCc1cccnc1. The van der Waals surface area contributed by atoms with E-state index in [0.29, 0.717) is 5.88 Å². The molecule has 0 fully saturated rings. The number of hydrogen-bond acceptors (Lipinski definition) is 2. The standard InChI is InChI=1S/C15H13BrClN3/c16-12-3-4-14-13(8-12)19-15(9-17)20(14)7-5-11-2-1-6-18-10-11/h1-4,6,8,10H,5,7,9H2. The molecule has 2 aromatic heterocycles. The lowest BCUT2D eigenvalue weighted by atomic mass is 10.2. The molecule has 0 bridgehead atoms. The number of imidazole rings is 1. The Balaban J connectivity index is 1.93. The number of pyridine rings is 1. The zero-order valence-electron chi connectivity index (χ0n) is 10.8. The number of nitrogens with zero attached hydrogens (tertiary/aromatic N) is 3. The van der Waals surface area contributed by atoms with E-state index >= 15 is 0 Å². The second-order valence-corrected chi connectivity index (χ2v) is 5.74. The minimum atomic E-state index is 0.416. The van der Waals surface area contributed by atoms with Gasteiger partial charge in [-0.25, -0.2) is 4.98 Å². The van der Waals surface area contributed by atoms with Crippen molar-refractivity contribution in [1.29, 1.82) is 0 Å². The van der Waals surface area contributed by atoms with Gasteiger partial charge in [0.15, 0.2) is 0 Å². The number of hydrogen-bond donors (Lipinski definition) is 0. The lowest BCUT2D eigenvalue weighted by Crippen LogP contribution is -2.05. The lowest BCUT2D eigenvalue weighted by Gasteiger charge is -2.07. The first-order valence-electron chi connectivity index (χ1n) is 6.37. The Morgan fingerprint density at radius 1 is 1.25 bits per heavy atom. The summed E-state index contributed by atoms with van der Waals surface area (Å²) >= 11 is 9.49. The first kappa shape index (κ1) is 13.6. The van der Waals surface area contributed by atoms with Crippen molar-refractivity contribution in [3.8, 4) is 0 Å². The van der Waals surface area contributed by atoms with Gasteiger partial charge in [-0.3, -0.25) is 4.98 Å². The molecule has 0 atom stereocenters. The quantitative estimate of drug-likeness (QED) is 0.661. The van der Waals surface area contributed by atoms with Gasteiger partial charge >= 0.3 is 0 Å². The lowest BCUT2D eigenvalue weighted by molar-refractivity contribution is 0.686. The number of fused-ring (bicyclic) bond motifs is 1. The largest absolute Gasteiger partial charge is 0.327 e. The minimum Gasteiger partial charge on any atom is -0.327 e. The molecule has 0 unspecified atom stereocenters. The van der Waals surface area contributed by atoms with Gasteiger partial charge in [0.2, 0.25) is 0 Å². The van der Waals surface area contributed by atoms with Gasteiger partial charge in [0.05, 0.1) is 16.9 Å². The monoisotopic (exact) mass is 349 g/mol. The van der Waals surface area contributed by atoms with E-state index in [1.54, 1.807) is 6.20 Å². The average Bonchev–Trinajstić information content (AvgIpc) is 2.83. The number of benzene rings is 1. The Morgan fingerprint density at radius 3 is 2.90 bits per heavy atom. The van der Waals surface area contributed by atoms with Crippen molar-refractivity contribution >= 4 is 38.6 Å². The molecule has 0 radical (unpaired) electrons. The smallest absolute Gasteiger partial charge is 0.124 e. The summed E-state index contributed by atoms with van der Waals surface area (Å²) < 4.78 is 3.21. The molecular formula is C15H13BrClN3. The molecular weight excluding hydrogens is 338 g/mol. The maximum atomic E-state index is 6.02. The molecule has 0 amide bonds. The first-order valence-corrected chi connectivity index (χ1v) is 7.70. The molecule has 3 nitrogen and oxygen atoms in total. The van der Waals surface area contributed by atoms with Gasteiger partial charge in [-0.05, 0) is 36.2 Å². The highest BCUT2D eigenvalue weighted by Gasteiger charge is 2.10. The van der Waals surface area contributed by atoms with E-state index in [-0.39, 0.29) is 0 Å². The van der Waals surface area contributed by atoms with Crippen LogP contribution in [0.25, 0.3) is 11.0 Å². The number of rotatable bonds is 4. The van der Waals surface area contributed by atoms with Gasteiger partial charge in [0.1, 0.15) is 5.82 Å². The molecule has 0 aliphatic carbocycles. The normalized spacial score (nSPS) is 11.1. The van der Waals surface area contributed by atoms with Crippen molar-refractivity contribution in [3.05, 3.63) is 58.6 Å². The summed E-state index contributed by atoms with van der Waals surface area (Å²) in [6.45, 7) is 0.853. The van der Waals surface area contributed by atoms with E-state index in [9.17, 15) is 0 Å². The van der Waals surface area contributed by atoms with E-state index < -0.39 is 0 Å². The molecule has 102 valence electrons. The fraction of sp³-hybridized carbons (Fsp3) is 0.200. The average molecular weight is 351 g/mol. The molecule has 3 rings (SSSR count). The molecule has 2 heterocycles. The van der Waals surface area contributed by atoms with Gasteiger partial charge in [0.25, 0.3) is 0 Å². The maximum Gasteiger partial charge on any atom is 0.124 e. The Kier molecular flexibility index (Phi) is 4.03. The number of alkyl halides is 1. The number of halogens is 2. The fourth-order valence-electron chi connectivity index (χ4n) is 2.29. The fourth-order valence-corrected chi connectivity index (χ4v) is 2.84. The third-order valence-electron chi connectivity index (χ3n) is 3.26. The zero-order chi connectivity index (χ0) is 13.9. The molecule has 0 saturated heterocycles. The molecule has 0 N–H and O–H groups in total. The molecule has 0 aliphatic rings. The van der Waals surface area contributed by atoms with Crippen LogP contribution in [0.15, 0.2) is 47.2 Å². The van der Waals surface area contributed by atoms with Crippen LogP contribution in [0.4, 0.5) is 0 Å². The van der Waals surface area contributed by atoms with Crippen LogP contribution in [0.2, 0.25) is 0 Å². The minimum absolute atomic E-state index is 0.416. The van der Waals surface area contributed by atoms with Crippen molar-refractivity contribution in [3.63, 3.8) is 0 Å². The summed E-state index contributed by atoms with van der Waals surface area (Å²) in [6, 6.07) is 10.2. The molecule has 3 aromatic rings. The van der Waals surface area contributed by atoms with Crippen LogP contribution in [0.5, 0.6) is 0 Å². The van der Waals surface area contributed by atoms with E-state index in [4.69, 9.17) is 11.6 Å². The van der Waals surface area contributed by atoms with Crippen LogP contribution >= 0.6 is 27.5 Å². The van der Waals surface area contributed by atoms with E-state index in [0.717, 1.165) is 34.3 Å². The molecule has 0 spiro atoms. The third-order valence-corrected chi connectivity index (χ3v) is 3.99. The summed E-state index contributed by atoms with van der Waals surface area (Å²) in [5.41, 5.74) is 3.31. The van der Waals surface area contributed by atoms with Crippen molar-refractivity contribution < 1.29 is 0 Å². The van der Waals surface area contributed by atoms with Gasteiger partial charge in [0, 0.05) is 23.4 Å². The number of aromatic nitrogens is 3. The number of aryl methyl sites for hydroxylation is 2.